The third-order valence-corrected chi connectivity index (χ3v) is 4.62. The zero-order chi connectivity index (χ0) is 21.6. The lowest BCUT2D eigenvalue weighted by atomic mass is 10.1. The van der Waals surface area contributed by atoms with Crippen LogP contribution in [0, 0.1) is 5.41 Å². The Hall–Kier alpha value is -2.91. The van der Waals surface area contributed by atoms with Crippen molar-refractivity contribution in [3.8, 4) is 0 Å². The molecule has 0 unspecified atom stereocenters. The van der Waals surface area contributed by atoms with Crippen LogP contribution in [0.15, 0.2) is 46.3 Å². The highest BCUT2D eigenvalue weighted by atomic mass is 16.4. The maximum atomic E-state index is 12.1. The van der Waals surface area contributed by atoms with Crippen LogP contribution in [-0.4, -0.2) is 67.8 Å². The first-order chi connectivity index (χ1) is 14.6. The minimum atomic E-state index is -0.363. The lowest BCUT2D eigenvalue weighted by molar-refractivity contribution is 0.0953. The van der Waals surface area contributed by atoms with Gasteiger partial charge in [0, 0.05) is 63.8 Å². The fourth-order valence-corrected chi connectivity index (χ4v) is 2.94. The molecule has 1 aromatic heterocycles. The summed E-state index contributed by atoms with van der Waals surface area (Å²) in [7, 11) is 0. The van der Waals surface area contributed by atoms with Crippen LogP contribution in [0.3, 0.4) is 0 Å². The van der Waals surface area contributed by atoms with E-state index in [-0.39, 0.29) is 17.6 Å². The Bertz CT molecular complexity index is 761. The number of hydrogen-bond acceptors (Lipinski definition) is 8. The average Bonchev–Trinajstić information content (AvgIpc) is 3.20. The quantitative estimate of drug-likeness (QED) is 0.197. The van der Waals surface area contributed by atoms with Crippen LogP contribution in [0.4, 0.5) is 6.01 Å². The van der Waals surface area contributed by atoms with Gasteiger partial charge in [0.25, 0.3) is 11.9 Å². The standard InChI is InChI=1S/C21H33N7O2/c1-2-3-4-5-17(6-7-26-20(29)19-16-30-21(23)27-19)18(14-22)15-25-10-13-28-11-8-24-9-12-28/h4-6,14-16,22,24-25H,2-3,7-13H2,1H3,(H2,23,27)(H,26,29)/b5-4-,17-6+,18-15+,22-14?. The zero-order valence-corrected chi connectivity index (χ0v) is 17.6. The Balaban J connectivity index is 1.94. The van der Waals surface area contributed by atoms with Gasteiger partial charge in [0.05, 0.1) is 0 Å². The Morgan fingerprint density at radius 1 is 1.40 bits per heavy atom. The van der Waals surface area contributed by atoms with E-state index in [0.717, 1.165) is 63.3 Å². The third kappa shape index (κ3) is 8.22. The summed E-state index contributed by atoms with van der Waals surface area (Å²) >= 11 is 0. The second-order valence-electron chi connectivity index (χ2n) is 6.92. The van der Waals surface area contributed by atoms with Crippen LogP contribution in [0.1, 0.15) is 30.3 Å². The van der Waals surface area contributed by atoms with Gasteiger partial charge in [-0.2, -0.15) is 4.98 Å². The molecule has 0 radical (unpaired) electrons. The highest BCUT2D eigenvalue weighted by Crippen LogP contribution is 2.10. The molecule has 9 nitrogen and oxygen atoms in total. The van der Waals surface area contributed by atoms with Crippen molar-refractivity contribution in [3.63, 3.8) is 0 Å². The van der Waals surface area contributed by atoms with E-state index in [1.807, 2.05) is 18.4 Å². The predicted octanol–water partition coefficient (Wildman–Crippen LogP) is 1.30. The lowest BCUT2D eigenvalue weighted by Crippen LogP contribution is -2.45. The summed E-state index contributed by atoms with van der Waals surface area (Å²) in [6.45, 7) is 8.37. The number of aromatic nitrogens is 1. The molecule has 1 amide bonds. The van der Waals surface area contributed by atoms with Gasteiger partial charge in [-0.1, -0.05) is 31.6 Å². The summed E-state index contributed by atoms with van der Waals surface area (Å²) in [5.41, 5.74) is 7.16. The minimum Gasteiger partial charge on any atom is -0.431 e. The molecule has 1 aliphatic heterocycles. The maximum absolute atomic E-state index is 12.1. The Kier molecular flexibility index (Phi) is 10.4. The number of hydrogen-bond donors (Lipinski definition) is 5. The van der Waals surface area contributed by atoms with Crippen LogP contribution in [-0.2, 0) is 0 Å². The average molecular weight is 416 g/mol. The van der Waals surface area contributed by atoms with Gasteiger partial charge < -0.3 is 31.5 Å². The number of rotatable bonds is 12. The molecule has 9 heteroatoms. The number of carbonyl (C=O) groups is 1. The van der Waals surface area contributed by atoms with Gasteiger partial charge in [0.2, 0.25) is 0 Å². The molecule has 1 saturated heterocycles. The molecule has 1 fully saturated rings. The largest absolute Gasteiger partial charge is 0.431 e. The van der Waals surface area contributed by atoms with Crippen molar-refractivity contribution < 1.29 is 9.21 Å². The molecule has 0 spiro atoms. The second kappa shape index (κ2) is 13.3. The highest BCUT2D eigenvalue weighted by molar-refractivity contribution is 5.92. The minimum absolute atomic E-state index is 0.0419. The lowest BCUT2D eigenvalue weighted by Gasteiger charge is -2.27. The maximum Gasteiger partial charge on any atom is 0.292 e. The first-order valence-corrected chi connectivity index (χ1v) is 10.4. The SMILES string of the molecule is CCC\C=C/C(=C\CNC(=O)c1coc(N)n1)C(/C=N)=C/NCCN1CCNCC1. The Labute approximate surface area is 178 Å². The molecule has 0 aliphatic carbocycles. The Morgan fingerprint density at radius 3 is 2.87 bits per heavy atom. The van der Waals surface area contributed by atoms with Crippen LogP contribution in [0.5, 0.6) is 0 Å². The van der Waals surface area contributed by atoms with E-state index in [9.17, 15) is 4.79 Å². The number of nitrogen functional groups attached to an aromatic ring is 1. The molecule has 1 aromatic rings. The van der Waals surface area contributed by atoms with Crippen molar-refractivity contribution in [3.05, 3.63) is 47.5 Å². The summed E-state index contributed by atoms with van der Waals surface area (Å²) in [6.07, 6.45) is 12.3. The van der Waals surface area contributed by atoms with Gasteiger partial charge in [-0.25, -0.2) is 0 Å². The number of unbranched alkanes of at least 4 members (excludes halogenated alkanes) is 1. The molecule has 2 rings (SSSR count). The monoisotopic (exact) mass is 415 g/mol. The first-order valence-electron chi connectivity index (χ1n) is 10.4. The van der Waals surface area contributed by atoms with E-state index < -0.39 is 0 Å². The zero-order valence-electron chi connectivity index (χ0n) is 17.6. The summed E-state index contributed by atoms with van der Waals surface area (Å²) in [5, 5.41) is 17.2. The first kappa shape index (κ1) is 23.4. The van der Waals surface area contributed by atoms with E-state index in [0.29, 0.717) is 6.54 Å². The molecule has 0 aromatic carbocycles. The van der Waals surface area contributed by atoms with E-state index >= 15 is 0 Å². The fraction of sp³-hybridized carbons (Fsp3) is 0.476. The summed E-state index contributed by atoms with van der Waals surface area (Å²) < 4.78 is 4.86. The molecule has 30 heavy (non-hydrogen) atoms. The number of oxazole rings is 1. The van der Waals surface area contributed by atoms with Crippen LogP contribution in [0.25, 0.3) is 0 Å². The number of allylic oxidation sites excluding steroid dienone is 4. The van der Waals surface area contributed by atoms with Crippen molar-refractivity contribution in [2.75, 3.05) is 51.5 Å². The number of nitrogens with zero attached hydrogens (tertiary/aromatic N) is 2. The molecule has 164 valence electrons. The molecule has 0 atom stereocenters. The predicted molar refractivity (Wildman–Crippen MR) is 120 cm³/mol. The molecule has 1 aliphatic rings. The number of carbonyl (C=O) groups excluding carboxylic acids is 1. The van der Waals surface area contributed by atoms with Gasteiger partial charge in [-0.05, 0) is 12.0 Å². The van der Waals surface area contributed by atoms with Gasteiger partial charge in [0.1, 0.15) is 6.26 Å². The van der Waals surface area contributed by atoms with Crippen LogP contribution in [0.2, 0.25) is 0 Å². The summed E-state index contributed by atoms with van der Waals surface area (Å²) in [4.78, 5) is 18.3. The molecule has 6 N–H and O–H groups in total. The third-order valence-electron chi connectivity index (χ3n) is 4.62. The fourth-order valence-electron chi connectivity index (χ4n) is 2.94. The van der Waals surface area contributed by atoms with E-state index in [1.54, 1.807) is 0 Å². The van der Waals surface area contributed by atoms with Crippen molar-refractivity contribution >= 4 is 18.1 Å². The van der Waals surface area contributed by atoms with E-state index in [4.69, 9.17) is 15.6 Å². The number of piperazine rings is 1. The number of amides is 1. The van der Waals surface area contributed by atoms with Crippen LogP contribution < -0.4 is 21.7 Å². The van der Waals surface area contributed by atoms with E-state index in [2.05, 4.69) is 38.8 Å². The van der Waals surface area contributed by atoms with Crippen molar-refractivity contribution in [1.29, 1.82) is 5.41 Å². The van der Waals surface area contributed by atoms with Gasteiger partial charge >= 0.3 is 0 Å². The van der Waals surface area contributed by atoms with Gasteiger partial charge in [-0.15, -0.1) is 0 Å². The molecule has 0 bridgehead atoms. The summed E-state index contributed by atoms with van der Waals surface area (Å²) in [6, 6.07) is -0.0419. The summed E-state index contributed by atoms with van der Waals surface area (Å²) in [5.74, 6) is -0.363. The normalized spacial score (nSPS) is 16.0. The van der Waals surface area contributed by atoms with Crippen LogP contribution >= 0.6 is 0 Å². The van der Waals surface area contributed by atoms with Crippen molar-refractivity contribution in [2.24, 2.45) is 0 Å². The van der Waals surface area contributed by atoms with Crippen molar-refractivity contribution in [2.45, 2.75) is 19.8 Å². The number of anilines is 1. The van der Waals surface area contributed by atoms with E-state index in [1.165, 1.54) is 12.5 Å². The molecule has 2 heterocycles. The molecular weight excluding hydrogens is 382 g/mol. The highest BCUT2D eigenvalue weighted by Gasteiger charge is 2.10. The van der Waals surface area contributed by atoms with Gasteiger partial charge in [0.15, 0.2) is 5.69 Å². The topological polar surface area (TPSA) is 132 Å². The smallest absolute Gasteiger partial charge is 0.292 e. The number of nitrogens with two attached hydrogens (primary N) is 1. The Morgan fingerprint density at radius 2 is 2.20 bits per heavy atom. The van der Waals surface area contributed by atoms with Gasteiger partial charge in [-0.3, -0.25) is 9.69 Å². The molecular formula is C21H33N7O2. The van der Waals surface area contributed by atoms with Crippen molar-refractivity contribution in [1.82, 2.24) is 25.8 Å². The number of nitrogens with one attached hydrogen (secondary N) is 4. The molecule has 0 saturated carbocycles. The second-order valence-corrected chi connectivity index (χ2v) is 6.92.